The minimum atomic E-state index is -2.25. The average Bonchev–Trinajstić information content (AvgIpc) is 2.53. The van der Waals surface area contributed by atoms with Crippen molar-refractivity contribution in [3.8, 4) is 0 Å². The molecule has 2 rings (SSSR count). The van der Waals surface area contributed by atoms with Crippen LogP contribution in [0.3, 0.4) is 0 Å². The summed E-state index contributed by atoms with van der Waals surface area (Å²) in [6, 6.07) is 14.5. The van der Waals surface area contributed by atoms with Crippen molar-refractivity contribution in [3.05, 3.63) is 59.2 Å². The summed E-state index contributed by atoms with van der Waals surface area (Å²) in [5, 5.41) is 0. The van der Waals surface area contributed by atoms with Crippen LogP contribution in [0, 0.1) is 0 Å². The third kappa shape index (κ3) is 4.00. The number of hydrogen-bond donors (Lipinski definition) is 0. The second-order valence-corrected chi connectivity index (χ2v) is 10.0. The van der Waals surface area contributed by atoms with E-state index in [0.29, 0.717) is 17.8 Å². The first-order chi connectivity index (χ1) is 10.8. The molecule has 1 atom stereocenters. The molecule has 2 heteroatoms. The second kappa shape index (κ2) is 7.55. The van der Waals surface area contributed by atoms with Gasteiger partial charge in [-0.3, -0.25) is 0 Å². The van der Waals surface area contributed by atoms with Gasteiger partial charge in [-0.15, -0.1) is 0 Å². The summed E-state index contributed by atoms with van der Waals surface area (Å²) in [4.78, 5) is 0. The summed E-state index contributed by atoms with van der Waals surface area (Å²) in [6.45, 7) is 13.3. The normalized spacial score (nSPS) is 13.1. The van der Waals surface area contributed by atoms with E-state index in [1.165, 1.54) is 16.7 Å². The van der Waals surface area contributed by atoms with Crippen LogP contribution in [0.15, 0.2) is 42.5 Å². The molecule has 2 aromatic rings. The van der Waals surface area contributed by atoms with Crippen LogP contribution in [0.2, 0.25) is 0 Å². The Morgan fingerprint density at radius 2 is 1.22 bits per heavy atom. The van der Waals surface area contributed by atoms with E-state index >= 15 is 0 Å². The van der Waals surface area contributed by atoms with Crippen molar-refractivity contribution in [1.29, 1.82) is 0 Å². The zero-order valence-corrected chi connectivity index (χ0v) is 16.8. The zero-order chi connectivity index (χ0) is 17.1. The van der Waals surface area contributed by atoms with E-state index in [0.717, 1.165) is 8.92 Å². The summed E-state index contributed by atoms with van der Waals surface area (Å²) in [6.07, 6.45) is 0. The molecule has 0 aliphatic rings. The van der Waals surface area contributed by atoms with Gasteiger partial charge in [-0.2, -0.15) is 0 Å². The molecule has 0 saturated carbocycles. The van der Waals surface area contributed by atoms with Crippen molar-refractivity contribution >= 4 is 22.8 Å². The Labute approximate surface area is 145 Å². The molecule has 0 aliphatic heterocycles. The maximum absolute atomic E-state index is 13.4. The molecule has 0 spiro atoms. The van der Waals surface area contributed by atoms with Gasteiger partial charge in [-0.1, -0.05) is 0 Å². The van der Waals surface area contributed by atoms with E-state index in [1.54, 1.807) is 0 Å². The first-order valence-electron chi connectivity index (χ1n) is 8.47. The summed E-state index contributed by atoms with van der Waals surface area (Å²) in [5.74, 6) is 1.25. The molecule has 0 heterocycles. The van der Waals surface area contributed by atoms with Crippen molar-refractivity contribution in [1.82, 2.24) is 0 Å². The quantitative estimate of drug-likeness (QED) is 0.699. The Morgan fingerprint density at radius 3 is 1.61 bits per heavy atom. The van der Waals surface area contributed by atoms with Crippen LogP contribution >= 0.6 is 0 Å². The molecule has 0 N–H and O–H groups in total. The maximum atomic E-state index is 13.4. The Hall–Kier alpha value is -1.24. The van der Waals surface area contributed by atoms with Gasteiger partial charge in [0.1, 0.15) is 0 Å². The van der Waals surface area contributed by atoms with Gasteiger partial charge in [0, 0.05) is 0 Å². The fourth-order valence-electron chi connectivity index (χ4n) is 2.77. The van der Waals surface area contributed by atoms with Crippen LogP contribution < -0.4 is 8.92 Å². The number of rotatable bonds is 5. The third-order valence-electron chi connectivity index (χ3n) is 4.22. The van der Waals surface area contributed by atoms with Crippen LogP contribution in [0.1, 0.15) is 76.0 Å². The predicted octanol–water partition coefficient (Wildman–Crippen LogP) is 4.59. The third-order valence-corrected chi connectivity index (χ3v) is 7.46. The number of hydrogen-bond acceptors (Lipinski definition) is 1. The molecule has 124 valence electrons. The molecule has 0 amide bonds. The van der Waals surface area contributed by atoms with Crippen LogP contribution in [-0.2, 0) is 3.83 Å². The molecule has 0 radical (unpaired) electrons. The van der Waals surface area contributed by atoms with E-state index in [1.807, 2.05) is 30.3 Å². The average molecular weight is 375 g/mol. The molecule has 1 nitrogen and oxygen atoms in total. The zero-order valence-electron chi connectivity index (χ0n) is 15.1. The van der Waals surface area contributed by atoms with E-state index in [9.17, 15) is 3.83 Å². The van der Waals surface area contributed by atoms with E-state index in [4.69, 9.17) is 0 Å². The first kappa shape index (κ1) is 18.1. The van der Waals surface area contributed by atoms with Gasteiger partial charge in [0.15, 0.2) is 0 Å². The standard InChI is InChI=1S/C21H28OSe/c1-14(2)17-12-19(15(3)4)21(20(13-17)16(5)6)23(22)18-10-8-7-9-11-18/h7-16H,1-6H3. The van der Waals surface area contributed by atoms with Crippen molar-refractivity contribution < 1.29 is 3.83 Å². The van der Waals surface area contributed by atoms with Crippen LogP contribution in [0.4, 0.5) is 0 Å². The predicted molar refractivity (Wildman–Crippen MR) is 101 cm³/mol. The molecule has 1 unspecified atom stereocenters. The molecule has 23 heavy (non-hydrogen) atoms. The van der Waals surface area contributed by atoms with Gasteiger partial charge in [-0.25, -0.2) is 0 Å². The Balaban J connectivity index is 2.71. The SMILES string of the molecule is CC(C)c1cc(C(C)C)c([Se](=O)c2ccccc2)c(C(C)C)c1. The van der Waals surface area contributed by atoms with Crippen LogP contribution in [0.5, 0.6) is 0 Å². The molecule has 0 aromatic heterocycles. The fraction of sp³-hybridized carbons (Fsp3) is 0.429. The Bertz CT molecular complexity index is 655. The van der Waals surface area contributed by atoms with Crippen molar-refractivity contribution in [2.24, 2.45) is 0 Å². The molecule has 2 aromatic carbocycles. The van der Waals surface area contributed by atoms with Gasteiger partial charge in [0.05, 0.1) is 0 Å². The van der Waals surface area contributed by atoms with E-state index in [-0.39, 0.29) is 0 Å². The van der Waals surface area contributed by atoms with Gasteiger partial charge in [0.25, 0.3) is 0 Å². The summed E-state index contributed by atoms with van der Waals surface area (Å²) in [5.41, 5.74) is 3.89. The monoisotopic (exact) mass is 376 g/mol. The molecular weight excluding hydrogens is 347 g/mol. The van der Waals surface area contributed by atoms with Crippen LogP contribution in [-0.4, -0.2) is 13.8 Å². The molecule has 0 bridgehead atoms. The van der Waals surface area contributed by atoms with Crippen LogP contribution in [0.25, 0.3) is 0 Å². The van der Waals surface area contributed by atoms with Gasteiger partial charge < -0.3 is 0 Å². The van der Waals surface area contributed by atoms with Crippen molar-refractivity contribution in [2.75, 3.05) is 0 Å². The molecule has 0 aliphatic carbocycles. The second-order valence-electron chi connectivity index (χ2n) is 7.07. The van der Waals surface area contributed by atoms with Gasteiger partial charge in [0.2, 0.25) is 0 Å². The Morgan fingerprint density at radius 1 is 0.739 bits per heavy atom. The summed E-state index contributed by atoms with van der Waals surface area (Å²) >= 11 is -2.25. The number of benzene rings is 2. The van der Waals surface area contributed by atoms with E-state index < -0.39 is 13.8 Å². The van der Waals surface area contributed by atoms with Crippen molar-refractivity contribution in [2.45, 2.75) is 59.3 Å². The topological polar surface area (TPSA) is 17.1 Å². The van der Waals surface area contributed by atoms with E-state index in [2.05, 4.69) is 53.7 Å². The summed E-state index contributed by atoms with van der Waals surface area (Å²) in [7, 11) is 0. The molecule has 0 saturated heterocycles. The molecule has 0 fully saturated rings. The fourth-order valence-corrected chi connectivity index (χ4v) is 6.24. The first-order valence-corrected chi connectivity index (χ1v) is 10.9. The van der Waals surface area contributed by atoms with Gasteiger partial charge in [-0.05, 0) is 0 Å². The van der Waals surface area contributed by atoms with Gasteiger partial charge >= 0.3 is 145 Å². The summed E-state index contributed by atoms with van der Waals surface area (Å²) < 4.78 is 15.5. The Kier molecular flexibility index (Phi) is 5.94. The minimum absolute atomic E-state index is 0.380. The molecular formula is C21H28OSe. The van der Waals surface area contributed by atoms with Crippen molar-refractivity contribution in [3.63, 3.8) is 0 Å².